The van der Waals surface area contributed by atoms with Crippen LogP contribution in [0.2, 0.25) is 0 Å². The highest BCUT2D eigenvalue weighted by molar-refractivity contribution is 5.82. The first-order chi connectivity index (χ1) is 12.6. The number of rotatable bonds is 3. The Morgan fingerprint density at radius 3 is 2.50 bits per heavy atom. The molecule has 4 heterocycles. The smallest absolute Gasteiger partial charge is 0.261 e. The van der Waals surface area contributed by atoms with Gasteiger partial charge in [0.1, 0.15) is 5.82 Å². The van der Waals surface area contributed by atoms with Gasteiger partial charge in [-0.15, -0.1) is 0 Å². The van der Waals surface area contributed by atoms with Gasteiger partial charge in [0.25, 0.3) is 5.56 Å². The molecule has 3 aliphatic heterocycles. The van der Waals surface area contributed by atoms with Gasteiger partial charge in [-0.2, -0.15) is 0 Å². The van der Waals surface area contributed by atoms with Crippen LogP contribution in [0.25, 0.3) is 10.9 Å². The highest BCUT2D eigenvalue weighted by Gasteiger charge is 2.31. The number of hydrogen-bond donors (Lipinski definition) is 0. The van der Waals surface area contributed by atoms with E-state index in [-0.39, 0.29) is 11.6 Å². The molecule has 1 aliphatic carbocycles. The van der Waals surface area contributed by atoms with Crippen LogP contribution in [-0.2, 0) is 0 Å². The molecule has 0 N–H and O–H groups in total. The second kappa shape index (κ2) is 6.08. The molecule has 0 amide bonds. The Hall–Kier alpha value is -1.88. The van der Waals surface area contributed by atoms with E-state index in [1.165, 1.54) is 31.6 Å². The van der Waals surface area contributed by atoms with Crippen LogP contribution in [-0.4, -0.2) is 46.7 Å². The van der Waals surface area contributed by atoms with Gasteiger partial charge in [0.2, 0.25) is 0 Å². The first kappa shape index (κ1) is 16.3. The molecule has 5 nitrogen and oxygen atoms in total. The molecule has 4 aliphatic rings. The van der Waals surface area contributed by atoms with Crippen LogP contribution in [0, 0.1) is 0 Å². The quantitative estimate of drug-likeness (QED) is 0.851. The molecule has 1 saturated carbocycles. The van der Waals surface area contributed by atoms with Crippen molar-refractivity contribution in [1.29, 1.82) is 0 Å². The van der Waals surface area contributed by atoms with Crippen LogP contribution < -0.4 is 10.5 Å². The molecule has 0 spiro atoms. The maximum absolute atomic E-state index is 13.3. The van der Waals surface area contributed by atoms with E-state index in [9.17, 15) is 4.79 Å². The third kappa shape index (κ3) is 2.64. The topological polar surface area (TPSA) is 41.4 Å². The number of aromatic nitrogens is 2. The number of fused-ring (bicyclic) bond motifs is 5. The summed E-state index contributed by atoms with van der Waals surface area (Å²) in [5.74, 6) is 1.47. The summed E-state index contributed by atoms with van der Waals surface area (Å²) in [6.45, 7) is 8.79. The summed E-state index contributed by atoms with van der Waals surface area (Å²) in [4.78, 5) is 23.3. The number of piperidine rings is 1. The van der Waals surface area contributed by atoms with Crippen LogP contribution in [0.1, 0.15) is 57.3 Å². The van der Waals surface area contributed by atoms with Gasteiger partial charge in [-0.25, -0.2) is 4.98 Å². The summed E-state index contributed by atoms with van der Waals surface area (Å²) >= 11 is 0. The molecule has 3 saturated heterocycles. The van der Waals surface area contributed by atoms with Crippen molar-refractivity contribution in [3.8, 4) is 0 Å². The van der Waals surface area contributed by atoms with E-state index >= 15 is 0 Å². The maximum atomic E-state index is 13.3. The zero-order chi connectivity index (χ0) is 17.8. The van der Waals surface area contributed by atoms with Crippen LogP contribution in [0.15, 0.2) is 23.0 Å². The fraction of sp³-hybridized carbons (Fsp3) is 0.619. The number of anilines is 1. The highest BCUT2D eigenvalue weighted by Crippen LogP contribution is 2.40. The second-order valence-corrected chi connectivity index (χ2v) is 8.48. The van der Waals surface area contributed by atoms with Gasteiger partial charge in [0.15, 0.2) is 0 Å². The molecule has 0 unspecified atom stereocenters. The molecule has 0 atom stereocenters. The molecular weight excluding hydrogens is 324 g/mol. The molecule has 5 heteroatoms. The zero-order valence-electron chi connectivity index (χ0n) is 15.8. The van der Waals surface area contributed by atoms with E-state index < -0.39 is 0 Å². The third-order valence-electron chi connectivity index (χ3n) is 6.36. The Bertz CT molecular complexity index is 891. The Labute approximate surface area is 154 Å². The molecule has 4 fully saturated rings. The summed E-state index contributed by atoms with van der Waals surface area (Å²) in [7, 11) is 0. The van der Waals surface area contributed by atoms with Crippen molar-refractivity contribution in [2.75, 3.05) is 31.1 Å². The summed E-state index contributed by atoms with van der Waals surface area (Å²) in [5.41, 5.74) is 2.19. The van der Waals surface area contributed by atoms with Crippen molar-refractivity contribution >= 4 is 16.6 Å². The van der Waals surface area contributed by atoms with Gasteiger partial charge < -0.3 is 9.80 Å². The van der Waals surface area contributed by atoms with Gasteiger partial charge in [0, 0.05) is 49.9 Å². The Kier molecular flexibility index (Phi) is 3.82. The monoisotopic (exact) mass is 352 g/mol. The van der Waals surface area contributed by atoms with Crippen molar-refractivity contribution in [2.45, 2.75) is 57.5 Å². The first-order valence-electron chi connectivity index (χ1n) is 10.2. The molecule has 1 aromatic heterocycles. The zero-order valence-corrected chi connectivity index (χ0v) is 15.8. The van der Waals surface area contributed by atoms with E-state index in [1.807, 2.05) is 4.57 Å². The van der Waals surface area contributed by atoms with Gasteiger partial charge >= 0.3 is 0 Å². The molecule has 26 heavy (non-hydrogen) atoms. The van der Waals surface area contributed by atoms with E-state index in [4.69, 9.17) is 4.98 Å². The third-order valence-corrected chi connectivity index (χ3v) is 6.36. The number of nitrogens with zero attached hydrogens (tertiary/aromatic N) is 4. The van der Waals surface area contributed by atoms with E-state index in [2.05, 4.69) is 41.8 Å². The minimum Gasteiger partial charge on any atom is -0.367 e. The van der Waals surface area contributed by atoms with Gasteiger partial charge in [-0.1, -0.05) is 0 Å². The molecular formula is C21H28N4O. The second-order valence-electron chi connectivity index (χ2n) is 8.48. The maximum Gasteiger partial charge on any atom is 0.261 e. The predicted octanol–water partition coefficient (Wildman–Crippen LogP) is 3.14. The van der Waals surface area contributed by atoms with Crippen molar-refractivity contribution in [3.63, 3.8) is 0 Å². The van der Waals surface area contributed by atoms with Crippen LogP contribution in [0.5, 0.6) is 0 Å². The number of benzene rings is 1. The lowest BCUT2D eigenvalue weighted by Crippen LogP contribution is -2.38. The van der Waals surface area contributed by atoms with Gasteiger partial charge in [-0.05, 0) is 57.7 Å². The lowest BCUT2D eigenvalue weighted by atomic mass is 10.0. The summed E-state index contributed by atoms with van der Waals surface area (Å²) in [6, 6.07) is 7.12. The molecule has 2 aromatic rings. The Balaban J connectivity index is 1.62. The number of hydrogen-bond acceptors (Lipinski definition) is 4. The summed E-state index contributed by atoms with van der Waals surface area (Å²) in [5, 5.41) is 0.778. The molecule has 0 radical (unpaired) electrons. The Morgan fingerprint density at radius 2 is 1.81 bits per heavy atom. The van der Waals surface area contributed by atoms with Gasteiger partial charge in [-0.3, -0.25) is 9.36 Å². The predicted molar refractivity (Wildman–Crippen MR) is 105 cm³/mol. The van der Waals surface area contributed by atoms with Crippen LogP contribution in [0.4, 0.5) is 5.69 Å². The van der Waals surface area contributed by atoms with E-state index in [0.29, 0.717) is 12.0 Å². The molecule has 6 rings (SSSR count). The minimum atomic E-state index is 0.136. The standard InChI is InChI=1S/C21H28N4O/c1-14(2)25-20(15-3-4-15)22-19-6-5-17(13-18(19)21(25)26)24-12-11-23-9-7-16(24)8-10-23/h5-6,13-16H,3-4,7-12H2,1-2H3. The molecule has 138 valence electrons. The normalized spacial score (nSPS) is 25.9. The van der Waals surface area contributed by atoms with E-state index in [1.54, 1.807) is 0 Å². The van der Waals surface area contributed by atoms with Gasteiger partial charge in [0.05, 0.1) is 10.9 Å². The Morgan fingerprint density at radius 1 is 1.04 bits per heavy atom. The van der Waals surface area contributed by atoms with Crippen molar-refractivity contribution in [3.05, 3.63) is 34.4 Å². The minimum absolute atomic E-state index is 0.136. The van der Waals surface area contributed by atoms with Crippen LogP contribution in [0.3, 0.4) is 0 Å². The average Bonchev–Trinajstić information content (AvgIpc) is 3.49. The fourth-order valence-corrected chi connectivity index (χ4v) is 4.74. The summed E-state index contributed by atoms with van der Waals surface area (Å²) in [6.07, 6.45) is 4.78. The SMILES string of the molecule is CC(C)n1c(C2CC2)nc2ccc(N3CCN4CCC3CC4)cc2c1=O. The lowest BCUT2D eigenvalue weighted by Gasteiger charge is -2.33. The average molecular weight is 352 g/mol. The molecule has 1 aromatic carbocycles. The van der Waals surface area contributed by atoms with Crippen LogP contribution >= 0.6 is 0 Å². The van der Waals surface area contributed by atoms with E-state index in [0.717, 1.165) is 42.7 Å². The largest absolute Gasteiger partial charge is 0.367 e. The highest BCUT2D eigenvalue weighted by atomic mass is 16.1. The lowest BCUT2D eigenvalue weighted by molar-refractivity contribution is 0.250. The first-order valence-corrected chi connectivity index (χ1v) is 10.2. The van der Waals surface area contributed by atoms with Crippen molar-refractivity contribution in [2.24, 2.45) is 0 Å². The fourth-order valence-electron chi connectivity index (χ4n) is 4.74. The van der Waals surface area contributed by atoms with Crippen molar-refractivity contribution in [1.82, 2.24) is 14.5 Å². The summed E-state index contributed by atoms with van der Waals surface area (Å²) < 4.78 is 1.93. The van der Waals surface area contributed by atoms with Crippen molar-refractivity contribution < 1.29 is 0 Å². The molecule has 2 bridgehead atoms.